The van der Waals surface area contributed by atoms with Crippen molar-refractivity contribution < 1.29 is 19.1 Å². The lowest BCUT2D eigenvalue weighted by atomic mass is 10.1. The number of aryl methyl sites for hydroxylation is 2. The minimum absolute atomic E-state index is 0.169. The van der Waals surface area contributed by atoms with Gasteiger partial charge in [0.15, 0.2) is 6.61 Å². The fraction of sp³-hybridized carbons (Fsp3) is 0.292. The second kappa shape index (κ2) is 10.3. The lowest BCUT2D eigenvalue weighted by Crippen LogP contribution is -2.30. The van der Waals surface area contributed by atoms with Crippen LogP contribution in [0.25, 0.3) is 0 Å². The van der Waals surface area contributed by atoms with Crippen LogP contribution in [0.4, 0.5) is 0 Å². The number of amides is 1. The highest BCUT2D eigenvalue weighted by Crippen LogP contribution is 2.22. The van der Waals surface area contributed by atoms with Gasteiger partial charge in [-0.3, -0.25) is 4.79 Å². The number of nitrogens with zero attached hydrogens (tertiary/aromatic N) is 3. The maximum absolute atomic E-state index is 12.6. The average molecular weight is 456 g/mol. The molecule has 1 heterocycles. The van der Waals surface area contributed by atoms with Gasteiger partial charge in [0.25, 0.3) is 5.91 Å². The van der Waals surface area contributed by atoms with Gasteiger partial charge in [0.1, 0.15) is 16.5 Å². The van der Waals surface area contributed by atoms with Gasteiger partial charge in [-0.2, -0.15) is 5.10 Å². The highest BCUT2D eigenvalue weighted by molar-refractivity contribution is 6.32. The number of likely N-dealkylation sites (N-methyl/N-ethyl adjacent to an activating group) is 1. The largest absolute Gasteiger partial charge is 0.497 e. The van der Waals surface area contributed by atoms with E-state index in [1.54, 1.807) is 25.8 Å². The summed E-state index contributed by atoms with van der Waals surface area (Å²) in [4.78, 5) is 26.5. The Kier molecular flexibility index (Phi) is 7.53. The molecule has 0 radical (unpaired) electrons. The quantitative estimate of drug-likeness (QED) is 0.479. The first-order valence-electron chi connectivity index (χ1n) is 10.1. The van der Waals surface area contributed by atoms with Gasteiger partial charge in [-0.1, -0.05) is 53.6 Å². The van der Waals surface area contributed by atoms with Crippen molar-refractivity contribution in [2.75, 3.05) is 20.8 Å². The molecule has 0 saturated heterocycles. The maximum atomic E-state index is 12.6. The molecule has 168 valence electrons. The number of carbonyl (C=O) groups is 2. The van der Waals surface area contributed by atoms with E-state index in [1.165, 1.54) is 4.90 Å². The Morgan fingerprint density at radius 1 is 1.09 bits per heavy atom. The lowest BCUT2D eigenvalue weighted by molar-refractivity contribution is -0.133. The smallest absolute Gasteiger partial charge is 0.343 e. The number of benzene rings is 2. The average Bonchev–Trinajstić information content (AvgIpc) is 3.06. The van der Waals surface area contributed by atoms with Crippen LogP contribution in [-0.4, -0.2) is 47.3 Å². The van der Waals surface area contributed by atoms with Crippen molar-refractivity contribution in [1.29, 1.82) is 0 Å². The number of hydrogen-bond donors (Lipinski definition) is 0. The number of rotatable bonds is 8. The first-order chi connectivity index (χ1) is 15.3. The number of halogens is 1. The second-order valence-electron chi connectivity index (χ2n) is 7.57. The zero-order chi connectivity index (χ0) is 23.3. The predicted molar refractivity (Wildman–Crippen MR) is 122 cm³/mol. The molecular formula is C24H26ClN3O4. The maximum Gasteiger partial charge on any atom is 0.343 e. The third kappa shape index (κ3) is 5.68. The van der Waals surface area contributed by atoms with Crippen LogP contribution in [-0.2, 0) is 22.6 Å². The molecule has 7 nitrogen and oxygen atoms in total. The number of ether oxygens (including phenoxy) is 2. The molecule has 0 aliphatic rings. The SMILES string of the molecule is COc1cccc(CN(C)C(=O)COC(=O)c2c(C)nn(Cc3ccc(C)cc3)c2Cl)c1. The van der Waals surface area contributed by atoms with E-state index in [2.05, 4.69) is 5.10 Å². The third-order valence-electron chi connectivity index (χ3n) is 5.03. The molecule has 0 saturated carbocycles. The highest BCUT2D eigenvalue weighted by atomic mass is 35.5. The van der Waals surface area contributed by atoms with Gasteiger partial charge in [0.2, 0.25) is 0 Å². The Hall–Kier alpha value is -3.32. The van der Waals surface area contributed by atoms with Crippen LogP contribution in [0.15, 0.2) is 48.5 Å². The summed E-state index contributed by atoms with van der Waals surface area (Å²) in [6.45, 7) is 4.10. The summed E-state index contributed by atoms with van der Waals surface area (Å²) in [5.74, 6) is -0.296. The Morgan fingerprint density at radius 2 is 1.81 bits per heavy atom. The molecule has 0 atom stereocenters. The number of esters is 1. The van der Waals surface area contributed by atoms with E-state index in [-0.39, 0.29) is 16.6 Å². The van der Waals surface area contributed by atoms with Crippen LogP contribution in [0.2, 0.25) is 5.15 Å². The Labute approximate surface area is 192 Å². The van der Waals surface area contributed by atoms with Crippen molar-refractivity contribution in [3.8, 4) is 5.75 Å². The molecule has 3 rings (SSSR count). The fourth-order valence-electron chi connectivity index (χ4n) is 3.20. The normalized spacial score (nSPS) is 10.7. The molecule has 0 fully saturated rings. The van der Waals surface area contributed by atoms with Gasteiger partial charge in [-0.25, -0.2) is 9.48 Å². The van der Waals surface area contributed by atoms with E-state index >= 15 is 0 Å². The molecule has 32 heavy (non-hydrogen) atoms. The molecule has 1 aromatic heterocycles. The zero-order valence-electron chi connectivity index (χ0n) is 18.6. The fourth-order valence-corrected chi connectivity index (χ4v) is 3.51. The molecule has 1 amide bonds. The highest BCUT2D eigenvalue weighted by Gasteiger charge is 2.23. The van der Waals surface area contributed by atoms with Gasteiger partial charge < -0.3 is 14.4 Å². The summed E-state index contributed by atoms with van der Waals surface area (Å²) >= 11 is 6.41. The van der Waals surface area contributed by atoms with Gasteiger partial charge in [0, 0.05) is 13.6 Å². The van der Waals surface area contributed by atoms with Crippen molar-refractivity contribution in [1.82, 2.24) is 14.7 Å². The summed E-state index contributed by atoms with van der Waals surface area (Å²) < 4.78 is 12.0. The standard InChI is InChI=1S/C24H26ClN3O4/c1-16-8-10-18(11-9-16)14-28-23(25)22(17(2)26-28)24(30)32-15-21(29)27(3)13-19-6-5-7-20(12-19)31-4/h5-12H,13-15H2,1-4H3. The first kappa shape index (κ1) is 23.3. The zero-order valence-corrected chi connectivity index (χ0v) is 19.3. The summed E-state index contributed by atoms with van der Waals surface area (Å²) in [5.41, 5.74) is 3.69. The van der Waals surface area contributed by atoms with Crippen molar-refractivity contribution in [3.63, 3.8) is 0 Å². The van der Waals surface area contributed by atoms with Crippen LogP contribution < -0.4 is 4.74 Å². The van der Waals surface area contributed by atoms with Crippen LogP contribution in [0, 0.1) is 13.8 Å². The summed E-state index contributed by atoms with van der Waals surface area (Å²) in [7, 11) is 3.23. The van der Waals surface area contributed by atoms with Crippen molar-refractivity contribution in [3.05, 3.63) is 81.6 Å². The Morgan fingerprint density at radius 3 is 2.50 bits per heavy atom. The van der Waals surface area contributed by atoms with E-state index in [0.29, 0.717) is 24.5 Å². The Bertz CT molecular complexity index is 1110. The van der Waals surface area contributed by atoms with Crippen LogP contribution in [0.5, 0.6) is 5.75 Å². The molecular weight excluding hydrogens is 430 g/mol. The van der Waals surface area contributed by atoms with E-state index in [9.17, 15) is 9.59 Å². The molecule has 0 N–H and O–H groups in total. The minimum atomic E-state index is -0.675. The van der Waals surface area contributed by atoms with Gasteiger partial charge >= 0.3 is 5.97 Å². The molecule has 0 bridgehead atoms. The van der Waals surface area contributed by atoms with Crippen LogP contribution in [0.1, 0.15) is 32.7 Å². The van der Waals surface area contributed by atoms with E-state index in [0.717, 1.165) is 16.7 Å². The van der Waals surface area contributed by atoms with Gasteiger partial charge in [-0.05, 0) is 37.1 Å². The summed E-state index contributed by atoms with van der Waals surface area (Å²) in [5, 5.41) is 4.55. The summed E-state index contributed by atoms with van der Waals surface area (Å²) in [6.07, 6.45) is 0. The molecule has 0 aliphatic heterocycles. The van der Waals surface area contributed by atoms with E-state index in [4.69, 9.17) is 21.1 Å². The first-order valence-corrected chi connectivity index (χ1v) is 10.5. The molecule has 3 aromatic rings. The summed E-state index contributed by atoms with van der Waals surface area (Å²) in [6, 6.07) is 15.4. The molecule has 2 aromatic carbocycles. The number of methoxy groups -OCH3 is 1. The van der Waals surface area contributed by atoms with Crippen molar-refractivity contribution >= 4 is 23.5 Å². The lowest BCUT2D eigenvalue weighted by Gasteiger charge is -2.17. The van der Waals surface area contributed by atoms with E-state index < -0.39 is 12.6 Å². The van der Waals surface area contributed by atoms with Crippen LogP contribution in [0.3, 0.4) is 0 Å². The topological polar surface area (TPSA) is 73.7 Å². The van der Waals surface area contributed by atoms with Gasteiger partial charge in [0.05, 0.1) is 19.3 Å². The van der Waals surface area contributed by atoms with Crippen molar-refractivity contribution in [2.24, 2.45) is 0 Å². The number of hydrogen-bond acceptors (Lipinski definition) is 5. The predicted octanol–water partition coefficient (Wildman–Crippen LogP) is 4.03. The van der Waals surface area contributed by atoms with Crippen molar-refractivity contribution in [2.45, 2.75) is 26.9 Å². The molecule has 0 unspecified atom stereocenters. The minimum Gasteiger partial charge on any atom is -0.497 e. The second-order valence-corrected chi connectivity index (χ2v) is 7.93. The van der Waals surface area contributed by atoms with Gasteiger partial charge in [-0.15, -0.1) is 0 Å². The Balaban J connectivity index is 1.60. The molecule has 8 heteroatoms. The monoisotopic (exact) mass is 455 g/mol. The van der Waals surface area contributed by atoms with E-state index in [1.807, 2.05) is 55.5 Å². The third-order valence-corrected chi connectivity index (χ3v) is 5.41. The van der Waals surface area contributed by atoms with Crippen LogP contribution >= 0.6 is 11.6 Å². The number of aromatic nitrogens is 2. The number of carbonyl (C=O) groups excluding carboxylic acids is 2. The molecule has 0 spiro atoms. The molecule has 0 aliphatic carbocycles.